The van der Waals surface area contributed by atoms with Crippen LogP contribution in [0.4, 0.5) is 5.69 Å². The zero-order valence-corrected chi connectivity index (χ0v) is 11.8. The minimum Gasteiger partial charge on any atom is -0.324 e. The molecule has 1 amide bonds. The SMILES string of the molecule is NC1(C(=O)Nc2ccc(Cl)c3ncccc23)CCCC1. The number of fused-ring (bicyclic) bond motifs is 1. The van der Waals surface area contributed by atoms with Gasteiger partial charge in [-0.2, -0.15) is 0 Å². The number of rotatable bonds is 2. The molecule has 0 aliphatic heterocycles. The third kappa shape index (κ3) is 2.25. The van der Waals surface area contributed by atoms with Crippen LogP contribution >= 0.6 is 11.6 Å². The van der Waals surface area contributed by atoms with E-state index in [9.17, 15) is 4.79 Å². The largest absolute Gasteiger partial charge is 0.324 e. The van der Waals surface area contributed by atoms with Crippen molar-refractivity contribution in [3.8, 4) is 0 Å². The molecule has 20 heavy (non-hydrogen) atoms. The lowest BCUT2D eigenvalue weighted by atomic mass is 9.98. The maximum Gasteiger partial charge on any atom is 0.244 e. The second-order valence-electron chi connectivity index (χ2n) is 5.31. The van der Waals surface area contributed by atoms with Gasteiger partial charge in [-0.15, -0.1) is 0 Å². The summed E-state index contributed by atoms with van der Waals surface area (Å²) >= 11 is 6.12. The number of hydrogen-bond donors (Lipinski definition) is 2. The lowest BCUT2D eigenvalue weighted by molar-refractivity contribution is -0.120. The Morgan fingerprint density at radius 2 is 2.05 bits per heavy atom. The molecule has 3 rings (SSSR count). The lowest BCUT2D eigenvalue weighted by Crippen LogP contribution is -2.48. The molecule has 1 heterocycles. The van der Waals surface area contributed by atoms with Crippen LogP contribution in [0.15, 0.2) is 30.5 Å². The molecular weight excluding hydrogens is 274 g/mol. The summed E-state index contributed by atoms with van der Waals surface area (Å²) in [6, 6.07) is 7.25. The average molecular weight is 290 g/mol. The van der Waals surface area contributed by atoms with E-state index in [-0.39, 0.29) is 5.91 Å². The third-order valence-electron chi connectivity index (χ3n) is 3.92. The number of carbonyl (C=O) groups is 1. The Morgan fingerprint density at radius 3 is 2.80 bits per heavy atom. The molecule has 0 bridgehead atoms. The molecule has 0 unspecified atom stereocenters. The highest BCUT2D eigenvalue weighted by Crippen LogP contribution is 2.31. The molecular formula is C15H16ClN3O. The molecule has 1 aliphatic rings. The van der Waals surface area contributed by atoms with Crippen molar-refractivity contribution >= 4 is 34.1 Å². The third-order valence-corrected chi connectivity index (χ3v) is 4.22. The van der Waals surface area contributed by atoms with Gasteiger partial charge < -0.3 is 11.1 Å². The van der Waals surface area contributed by atoms with Crippen molar-refractivity contribution in [1.29, 1.82) is 0 Å². The first-order chi connectivity index (χ1) is 9.60. The van der Waals surface area contributed by atoms with Crippen molar-refractivity contribution in [3.63, 3.8) is 0 Å². The van der Waals surface area contributed by atoms with Crippen LogP contribution in [0.1, 0.15) is 25.7 Å². The molecule has 1 aliphatic carbocycles. The van der Waals surface area contributed by atoms with Crippen molar-refractivity contribution in [2.75, 3.05) is 5.32 Å². The number of nitrogens with two attached hydrogens (primary N) is 1. The van der Waals surface area contributed by atoms with Crippen molar-refractivity contribution in [2.24, 2.45) is 5.73 Å². The highest BCUT2D eigenvalue weighted by atomic mass is 35.5. The van der Waals surface area contributed by atoms with Crippen LogP contribution in [0.25, 0.3) is 10.9 Å². The standard InChI is InChI=1S/C15H16ClN3O/c16-11-5-6-12(10-4-3-9-18-13(10)11)19-14(20)15(17)7-1-2-8-15/h3-6,9H,1-2,7-8,17H2,(H,19,20). The minimum absolute atomic E-state index is 0.123. The van der Waals surface area contributed by atoms with Crippen LogP contribution in [0.5, 0.6) is 0 Å². The number of halogens is 1. The van der Waals surface area contributed by atoms with Gasteiger partial charge in [0.25, 0.3) is 0 Å². The van der Waals surface area contributed by atoms with Crippen LogP contribution in [0.3, 0.4) is 0 Å². The van der Waals surface area contributed by atoms with Crippen molar-refractivity contribution in [2.45, 2.75) is 31.2 Å². The van der Waals surface area contributed by atoms with Gasteiger partial charge in [0.1, 0.15) is 0 Å². The van der Waals surface area contributed by atoms with Crippen LogP contribution in [0, 0.1) is 0 Å². The Morgan fingerprint density at radius 1 is 1.30 bits per heavy atom. The molecule has 0 saturated heterocycles. The summed E-state index contributed by atoms with van der Waals surface area (Å²) in [5, 5.41) is 4.33. The molecule has 1 aromatic carbocycles. The van der Waals surface area contributed by atoms with E-state index in [1.54, 1.807) is 18.3 Å². The van der Waals surface area contributed by atoms with Gasteiger partial charge in [-0.25, -0.2) is 0 Å². The van der Waals surface area contributed by atoms with E-state index in [0.29, 0.717) is 16.2 Å². The lowest BCUT2D eigenvalue weighted by Gasteiger charge is -2.22. The van der Waals surface area contributed by atoms with E-state index in [4.69, 9.17) is 17.3 Å². The number of carbonyl (C=O) groups excluding carboxylic acids is 1. The van der Waals surface area contributed by atoms with Gasteiger partial charge >= 0.3 is 0 Å². The second kappa shape index (κ2) is 5.04. The first-order valence-corrected chi connectivity index (χ1v) is 7.11. The first kappa shape index (κ1) is 13.3. The summed E-state index contributed by atoms with van der Waals surface area (Å²) in [5.74, 6) is -0.123. The van der Waals surface area contributed by atoms with Gasteiger partial charge in [0, 0.05) is 11.6 Å². The molecule has 0 spiro atoms. The van der Waals surface area contributed by atoms with Crippen LogP contribution in [-0.2, 0) is 4.79 Å². The van der Waals surface area contributed by atoms with Gasteiger partial charge in [0.15, 0.2) is 0 Å². The molecule has 0 radical (unpaired) electrons. The van der Waals surface area contributed by atoms with Crippen LogP contribution < -0.4 is 11.1 Å². The molecule has 2 aromatic rings. The van der Waals surface area contributed by atoms with Gasteiger partial charge in [-0.3, -0.25) is 9.78 Å². The number of pyridine rings is 1. The maximum absolute atomic E-state index is 12.4. The highest BCUT2D eigenvalue weighted by molar-refractivity contribution is 6.35. The molecule has 0 atom stereocenters. The predicted molar refractivity (Wildman–Crippen MR) is 80.8 cm³/mol. The fraction of sp³-hybridized carbons (Fsp3) is 0.333. The van der Waals surface area contributed by atoms with Gasteiger partial charge in [0.05, 0.1) is 21.8 Å². The zero-order chi connectivity index (χ0) is 14.2. The topological polar surface area (TPSA) is 68.0 Å². The Bertz CT molecular complexity index is 665. The summed E-state index contributed by atoms with van der Waals surface area (Å²) in [5.41, 5.74) is 6.82. The number of anilines is 1. The Kier molecular flexibility index (Phi) is 3.36. The molecule has 4 nitrogen and oxygen atoms in total. The fourth-order valence-corrected chi connectivity index (χ4v) is 2.94. The molecule has 1 fully saturated rings. The molecule has 5 heteroatoms. The molecule has 1 aromatic heterocycles. The van der Waals surface area contributed by atoms with E-state index in [0.717, 1.165) is 31.1 Å². The highest BCUT2D eigenvalue weighted by Gasteiger charge is 2.37. The van der Waals surface area contributed by atoms with E-state index in [2.05, 4.69) is 10.3 Å². The summed E-state index contributed by atoms with van der Waals surface area (Å²) in [4.78, 5) is 16.6. The Labute approximate surface area is 122 Å². The number of nitrogens with zero attached hydrogens (tertiary/aromatic N) is 1. The summed E-state index contributed by atoms with van der Waals surface area (Å²) < 4.78 is 0. The summed E-state index contributed by atoms with van der Waals surface area (Å²) in [7, 11) is 0. The Hall–Kier alpha value is -1.65. The maximum atomic E-state index is 12.4. The van der Waals surface area contributed by atoms with Crippen LogP contribution in [-0.4, -0.2) is 16.4 Å². The molecule has 104 valence electrons. The van der Waals surface area contributed by atoms with E-state index >= 15 is 0 Å². The van der Waals surface area contributed by atoms with Crippen molar-refractivity contribution in [1.82, 2.24) is 4.98 Å². The second-order valence-corrected chi connectivity index (χ2v) is 5.72. The van der Waals surface area contributed by atoms with Gasteiger partial charge in [-0.1, -0.05) is 24.4 Å². The number of amides is 1. The number of benzene rings is 1. The summed E-state index contributed by atoms with van der Waals surface area (Å²) in [6.45, 7) is 0. The molecule has 1 saturated carbocycles. The Balaban J connectivity index is 1.95. The van der Waals surface area contributed by atoms with Crippen LogP contribution in [0.2, 0.25) is 5.02 Å². The van der Waals surface area contributed by atoms with E-state index < -0.39 is 5.54 Å². The van der Waals surface area contributed by atoms with Crippen molar-refractivity contribution < 1.29 is 4.79 Å². The zero-order valence-electron chi connectivity index (χ0n) is 11.0. The first-order valence-electron chi connectivity index (χ1n) is 6.74. The smallest absolute Gasteiger partial charge is 0.244 e. The normalized spacial score (nSPS) is 17.3. The number of hydrogen-bond acceptors (Lipinski definition) is 3. The van der Waals surface area contributed by atoms with Gasteiger partial charge in [-0.05, 0) is 37.1 Å². The number of aromatic nitrogens is 1. The van der Waals surface area contributed by atoms with E-state index in [1.165, 1.54) is 0 Å². The monoisotopic (exact) mass is 289 g/mol. The van der Waals surface area contributed by atoms with Gasteiger partial charge in [0.2, 0.25) is 5.91 Å². The average Bonchev–Trinajstić information content (AvgIpc) is 2.90. The number of nitrogens with one attached hydrogen (secondary N) is 1. The fourth-order valence-electron chi connectivity index (χ4n) is 2.73. The van der Waals surface area contributed by atoms with E-state index in [1.807, 2.05) is 12.1 Å². The minimum atomic E-state index is -0.742. The quantitative estimate of drug-likeness (QED) is 0.892. The summed E-state index contributed by atoms with van der Waals surface area (Å²) in [6.07, 6.45) is 5.17. The van der Waals surface area contributed by atoms with Crippen molar-refractivity contribution in [3.05, 3.63) is 35.5 Å². The predicted octanol–water partition coefficient (Wildman–Crippen LogP) is 3.10. The molecule has 3 N–H and O–H groups in total.